The second kappa shape index (κ2) is 12.0. The van der Waals surface area contributed by atoms with Crippen LogP contribution in [-0.4, -0.2) is 30.4 Å². The quantitative estimate of drug-likeness (QED) is 0.287. The van der Waals surface area contributed by atoms with E-state index >= 15 is 4.39 Å². The summed E-state index contributed by atoms with van der Waals surface area (Å²) < 4.78 is 21.9. The average molecular weight is 528 g/mol. The molecule has 2 aliphatic rings. The van der Waals surface area contributed by atoms with E-state index in [0.29, 0.717) is 11.7 Å². The van der Waals surface area contributed by atoms with E-state index in [-0.39, 0.29) is 17.3 Å². The van der Waals surface area contributed by atoms with Crippen molar-refractivity contribution in [1.82, 2.24) is 0 Å². The number of anilines is 1. The monoisotopic (exact) mass is 527 g/mol. The third-order valence-corrected chi connectivity index (χ3v) is 9.07. The Balaban J connectivity index is 1.34. The van der Waals surface area contributed by atoms with Crippen molar-refractivity contribution < 1.29 is 14.2 Å². The van der Waals surface area contributed by atoms with Crippen LogP contribution in [0.5, 0.6) is 5.75 Å². The van der Waals surface area contributed by atoms with Gasteiger partial charge in [0.15, 0.2) is 0 Å². The van der Waals surface area contributed by atoms with E-state index in [2.05, 4.69) is 55.7 Å². The zero-order chi connectivity index (χ0) is 27.4. The summed E-state index contributed by atoms with van der Waals surface area (Å²) in [5.74, 6) is 0.885. The number of rotatable bonds is 9. The Bertz CT molecular complexity index is 1280. The first kappa shape index (κ1) is 27.5. The first-order valence-corrected chi connectivity index (χ1v) is 14.6. The summed E-state index contributed by atoms with van der Waals surface area (Å²) in [7, 11) is 0. The van der Waals surface area contributed by atoms with E-state index in [1.165, 1.54) is 22.3 Å². The minimum absolute atomic E-state index is 0.0594. The van der Waals surface area contributed by atoms with Crippen LogP contribution in [-0.2, 0) is 24.0 Å². The van der Waals surface area contributed by atoms with Gasteiger partial charge in [-0.15, -0.1) is 6.58 Å². The molecule has 2 atom stereocenters. The van der Waals surface area contributed by atoms with Gasteiger partial charge in [-0.25, -0.2) is 4.39 Å². The third kappa shape index (κ3) is 6.22. The first-order chi connectivity index (χ1) is 18.9. The molecule has 3 nitrogen and oxygen atoms in total. The Morgan fingerprint density at radius 1 is 1.08 bits per heavy atom. The molecule has 3 aromatic rings. The molecule has 2 fully saturated rings. The highest BCUT2D eigenvalue weighted by Gasteiger charge is 2.42. The molecule has 0 aliphatic carbocycles. The van der Waals surface area contributed by atoms with Crippen LogP contribution >= 0.6 is 0 Å². The summed E-state index contributed by atoms with van der Waals surface area (Å²) in [6.45, 7) is 10.6. The number of phenolic OH excluding ortho intramolecular Hbond substituents is 1. The summed E-state index contributed by atoms with van der Waals surface area (Å²) in [6, 6.07) is 20.1. The normalized spacial score (nSPS) is 19.4. The second-order valence-electron chi connectivity index (χ2n) is 11.6. The molecule has 206 valence electrons. The minimum atomic E-state index is -0.120. The van der Waals surface area contributed by atoms with Crippen LogP contribution in [0.1, 0.15) is 66.3 Å². The molecule has 0 amide bonds. The van der Waals surface area contributed by atoms with E-state index in [1.807, 2.05) is 24.3 Å². The van der Waals surface area contributed by atoms with Gasteiger partial charge in [-0.1, -0.05) is 49.4 Å². The maximum atomic E-state index is 15.7. The lowest BCUT2D eigenvalue weighted by Gasteiger charge is -2.40. The molecule has 1 N–H and O–H groups in total. The molecule has 0 radical (unpaired) electrons. The standard InChI is InChI=1S/C35H42FNO2/c1-4-26-23-35(39-24-26)15-17-37(18-16-35)34-22-27(5-2)31(21-33(34)36)19-30(28-9-7-6-8-10-28)13-12-29-20-32(38)14-11-25(29)3/h4,6-11,14,20-22,26,30,38H,1,5,12-13,15-19,23-24H2,2-3H3. The van der Waals surface area contributed by atoms with Crippen molar-refractivity contribution in [1.29, 1.82) is 0 Å². The zero-order valence-electron chi connectivity index (χ0n) is 23.5. The number of halogens is 1. The summed E-state index contributed by atoms with van der Waals surface area (Å²) in [4.78, 5) is 2.22. The van der Waals surface area contributed by atoms with E-state index < -0.39 is 0 Å². The van der Waals surface area contributed by atoms with Crippen LogP contribution in [0.4, 0.5) is 10.1 Å². The number of piperidine rings is 1. The van der Waals surface area contributed by atoms with Crippen molar-refractivity contribution in [3.8, 4) is 5.75 Å². The number of phenols is 1. The minimum Gasteiger partial charge on any atom is -0.508 e. The molecule has 0 aromatic heterocycles. The number of aromatic hydroxyl groups is 1. The smallest absolute Gasteiger partial charge is 0.146 e. The molecule has 2 heterocycles. The predicted molar refractivity (Wildman–Crippen MR) is 158 cm³/mol. The van der Waals surface area contributed by atoms with Crippen molar-refractivity contribution >= 4 is 5.69 Å². The highest BCUT2D eigenvalue weighted by Crippen LogP contribution is 2.41. The van der Waals surface area contributed by atoms with E-state index in [0.717, 1.165) is 75.9 Å². The lowest BCUT2D eigenvalue weighted by atomic mass is 9.84. The number of ether oxygens (including phenoxy) is 1. The molecule has 4 heteroatoms. The van der Waals surface area contributed by atoms with Crippen molar-refractivity contribution in [3.63, 3.8) is 0 Å². The van der Waals surface area contributed by atoms with Crippen LogP contribution in [0, 0.1) is 18.7 Å². The van der Waals surface area contributed by atoms with Gasteiger partial charge in [0.25, 0.3) is 0 Å². The summed E-state index contributed by atoms with van der Waals surface area (Å²) >= 11 is 0. The van der Waals surface area contributed by atoms with E-state index in [4.69, 9.17) is 4.74 Å². The Kier molecular flexibility index (Phi) is 8.42. The van der Waals surface area contributed by atoms with Crippen LogP contribution in [0.3, 0.4) is 0 Å². The van der Waals surface area contributed by atoms with Crippen molar-refractivity contribution in [2.45, 2.75) is 70.3 Å². The van der Waals surface area contributed by atoms with Crippen molar-refractivity contribution in [3.05, 3.63) is 107 Å². The molecule has 2 aliphatic heterocycles. The van der Waals surface area contributed by atoms with Gasteiger partial charge in [0.2, 0.25) is 0 Å². The van der Waals surface area contributed by atoms with Crippen molar-refractivity contribution in [2.75, 3.05) is 24.6 Å². The fraction of sp³-hybridized carbons (Fsp3) is 0.429. The zero-order valence-corrected chi connectivity index (χ0v) is 23.5. The van der Waals surface area contributed by atoms with Gasteiger partial charge in [-0.2, -0.15) is 0 Å². The van der Waals surface area contributed by atoms with Crippen molar-refractivity contribution in [2.24, 2.45) is 5.92 Å². The number of aryl methyl sites for hydroxylation is 3. The van der Waals surface area contributed by atoms with Gasteiger partial charge < -0.3 is 14.7 Å². The Labute approximate surface area is 233 Å². The lowest BCUT2D eigenvalue weighted by molar-refractivity contribution is -0.0150. The molecule has 39 heavy (non-hydrogen) atoms. The SMILES string of the molecule is C=CC1COC2(CCN(c3cc(CC)c(CC(CCc4cc(O)ccc4C)c4ccccc4)cc3F)CC2)C1. The molecule has 2 saturated heterocycles. The van der Waals surface area contributed by atoms with Gasteiger partial charge in [-0.3, -0.25) is 0 Å². The van der Waals surface area contributed by atoms with Gasteiger partial charge in [0.05, 0.1) is 17.9 Å². The molecule has 2 unspecified atom stereocenters. The Morgan fingerprint density at radius 2 is 1.85 bits per heavy atom. The summed E-state index contributed by atoms with van der Waals surface area (Å²) in [5.41, 5.74) is 6.63. The van der Waals surface area contributed by atoms with Crippen LogP contribution in [0.15, 0.2) is 73.3 Å². The van der Waals surface area contributed by atoms with Gasteiger partial charge >= 0.3 is 0 Å². The Hall–Kier alpha value is -3.11. The molecular weight excluding hydrogens is 485 g/mol. The third-order valence-electron chi connectivity index (χ3n) is 9.07. The number of benzene rings is 3. The van der Waals surface area contributed by atoms with Gasteiger partial charge in [0, 0.05) is 19.0 Å². The number of hydrogen-bond acceptors (Lipinski definition) is 3. The topological polar surface area (TPSA) is 32.7 Å². The van der Waals surface area contributed by atoms with Gasteiger partial charge in [0.1, 0.15) is 11.6 Å². The molecule has 0 bridgehead atoms. The van der Waals surface area contributed by atoms with E-state index in [1.54, 1.807) is 12.1 Å². The molecule has 1 spiro atoms. The number of hydrogen-bond donors (Lipinski definition) is 1. The average Bonchev–Trinajstić information content (AvgIpc) is 3.36. The molecular formula is C35H42FNO2. The number of nitrogens with zero attached hydrogens (tertiary/aromatic N) is 1. The van der Waals surface area contributed by atoms with E-state index in [9.17, 15) is 5.11 Å². The van der Waals surface area contributed by atoms with Crippen LogP contribution in [0.25, 0.3) is 0 Å². The second-order valence-corrected chi connectivity index (χ2v) is 11.6. The predicted octanol–water partition coefficient (Wildman–Crippen LogP) is 7.92. The maximum Gasteiger partial charge on any atom is 0.146 e. The van der Waals surface area contributed by atoms with Crippen LogP contribution in [0.2, 0.25) is 0 Å². The lowest BCUT2D eigenvalue weighted by Crippen LogP contribution is -2.44. The highest BCUT2D eigenvalue weighted by atomic mass is 19.1. The summed E-state index contributed by atoms with van der Waals surface area (Å²) in [5, 5.41) is 10.0. The summed E-state index contributed by atoms with van der Waals surface area (Å²) in [6.07, 6.45) is 8.39. The fourth-order valence-electron chi connectivity index (χ4n) is 6.58. The first-order valence-electron chi connectivity index (χ1n) is 14.6. The fourth-order valence-corrected chi connectivity index (χ4v) is 6.58. The molecule has 0 saturated carbocycles. The molecule has 5 rings (SSSR count). The highest BCUT2D eigenvalue weighted by molar-refractivity contribution is 5.53. The largest absolute Gasteiger partial charge is 0.508 e. The van der Waals surface area contributed by atoms with Gasteiger partial charge in [-0.05, 0) is 110 Å². The Morgan fingerprint density at radius 3 is 2.54 bits per heavy atom. The van der Waals surface area contributed by atoms with Crippen LogP contribution < -0.4 is 4.90 Å². The maximum absolute atomic E-state index is 15.7. The molecule has 3 aromatic carbocycles.